The molecular weight excluding hydrogens is 314 g/mol. The summed E-state index contributed by atoms with van der Waals surface area (Å²) < 4.78 is 5.19. The van der Waals surface area contributed by atoms with E-state index in [2.05, 4.69) is 65.1 Å². The van der Waals surface area contributed by atoms with Gasteiger partial charge in [-0.05, 0) is 36.2 Å². The van der Waals surface area contributed by atoms with E-state index in [1.54, 1.807) is 7.11 Å². The van der Waals surface area contributed by atoms with E-state index >= 15 is 0 Å². The molecule has 0 saturated carbocycles. The first-order chi connectivity index (χ1) is 9.63. The molecule has 0 spiro atoms. The van der Waals surface area contributed by atoms with Crippen molar-refractivity contribution in [3.8, 4) is 5.75 Å². The van der Waals surface area contributed by atoms with Gasteiger partial charge in [-0.3, -0.25) is 0 Å². The fourth-order valence-corrected chi connectivity index (χ4v) is 2.73. The highest BCUT2D eigenvalue weighted by Gasteiger charge is 2.07. The Bertz CT molecular complexity index is 566. The van der Waals surface area contributed by atoms with Gasteiger partial charge in [0.25, 0.3) is 0 Å². The topological polar surface area (TPSA) is 12.5 Å². The van der Waals surface area contributed by atoms with Crippen molar-refractivity contribution >= 4 is 21.6 Å². The van der Waals surface area contributed by atoms with Crippen molar-refractivity contribution in [3.05, 3.63) is 59.2 Å². The molecule has 0 aliphatic rings. The molecule has 2 rings (SSSR count). The summed E-state index contributed by atoms with van der Waals surface area (Å²) in [7, 11) is 3.82. The van der Waals surface area contributed by atoms with Gasteiger partial charge in [-0.15, -0.1) is 0 Å². The molecular formula is C17H20BrNO. The molecule has 2 aromatic carbocycles. The molecule has 0 heterocycles. The van der Waals surface area contributed by atoms with E-state index in [0.29, 0.717) is 0 Å². The average molecular weight is 334 g/mol. The number of hydrogen-bond donors (Lipinski definition) is 0. The van der Waals surface area contributed by atoms with Crippen molar-refractivity contribution in [2.75, 3.05) is 19.1 Å². The quantitative estimate of drug-likeness (QED) is 0.745. The second-order valence-electron chi connectivity index (χ2n) is 4.97. The number of nitrogens with zero attached hydrogens (tertiary/aromatic N) is 1. The third-order valence-corrected chi connectivity index (χ3v) is 3.97. The van der Waals surface area contributed by atoms with E-state index in [-0.39, 0.29) is 0 Å². The zero-order valence-corrected chi connectivity index (χ0v) is 13.8. The Kier molecular flexibility index (Phi) is 5.07. The van der Waals surface area contributed by atoms with Gasteiger partial charge in [0.15, 0.2) is 0 Å². The van der Waals surface area contributed by atoms with Crippen molar-refractivity contribution in [2.45, 2.75) is 18.8 Å². The lowest BCUT2D eigenvalue weighted by atomic mass is 10.1. The Morgan fingerprint density at radius 3 is 2.40 bits per heavy atom. The number of benzene rings is 2. The van der Waals surface area contributed by atoms with Crippen molar-refractivity contribution in [3.63, 3.8) is 0 Å². The summed E-state index contributed by atoms with van der Waals surface area (Å²) >= 11 is 3.57. The fourth-order valence-electron chi connectivity index (χ4n) is 2.28. The smallest absolute Gasteiger partial charge is 0.118 e. The Hall–Kier alpha value is -1.48. The van der Waals surface area contributed by atoms with Gasteiger partial charge < -0.3 is 9.64 Å². The Labute approximate surface area is 129 Å². The predicted molar refractivity (Wildman–Crippen MR) is 88.9 cm³/mol. The van der Waals surface area contributed by atoms with E-state index in [1.165, 1.54) is 22.4 Å². The number of halogens is 1. The van der Waals surface area contributed by atoms with Gasteiger partial charge in [0, 0.05) is 24.6 Å². The molecule has 0 radical (unpaired) electrons. The maximum atomic E-state index is 5.19. The second kappa shape index (κ2) is 6.80. The first-order valence-electron chi connectivity index (χ1n) is 6.63. The highest BCUT2D eigenvalue weighted by Crippen LogP contribution is 2.25. The number of hydrogen-bond acceptors (Lipinski definition) is 2. The van der Waals surface area contributed by atoms with Crippen LogP contribution in [0.4, 0.5) is 5.69 Å². The van der Waals surface area contributed by atoms with Crippen LogP contribution in [0.15, 0.2) is 42.5 Å². The molecule has 0 atom stereocenters. The summed E-state index contributed by atoms with van der Waals surface area (Å²) in [5.74, 6) is 0.896. The summed E-state index contributed by atoms with van der Waals surface area (Å²) in [6.45, 7) is 3.01. The van der Waals surface area contributed by atoms with E-state index in [0.717, 1.165) is 17.6 Å². The van der Waals surface area contributed by atoms with Crippen molar-refractivity contribution < 1.29 is 4.74 Å². The van der Waals surface area contributed by atoms with E-state index in [9.17, 15) is 0 Å². The van der Waals surface area contributed by atoms with Gasteiger partial charge in [-0.25, -0.2) is 0 Å². The van der Waals surface area contributed by atoms with Crippen LogP contribution in [0.1, 0.15) is 16.7 Å². The standard InChI is InChI=1S/C17H20BrNO/c1-13-4-9-17(15(10-13)11-18)19(2)12-14-5-7-16(20-3)8-6-14/h4-10H,11-12H2,1-3H3. The van der Waals surface area contributed by atoms with Crippen LogP contribution in [-0.2, 0) is 11.9 Å². The first kappa shape index (κ1) is 14.9. The normalized spacial score (nSPS) is 10.4. The Balaban J connectivity index is 2.16. The van der Waals surface area contributed by atoms with Crippen LogP contribution in [0.5, 0.6) is 5.75 Å². The van der Waals surface area contributed by atoms with Crippen LogP contribution >= 0.6 is 15.9 Å². The molecule has 3 heteroatoms. The number of rotatable bonds is 5. The van der Waals surface area contributed by atoms with Crippen LogP contribution in [0, 0.1) is 6.92 Å². The Morgan fingerprint density at radius 1 is 1.10 bits per heavy atom. The van der Waals surface area contributed by atoms with E-state index in [4.69, 9.17) is 4.74 Å². The number of ether oxygens (including phenoxy) is 1. The second-order valence-corrected chi connectivity index (χ2v) is 5.53. The van der Waals surface area contributed by atoms with Crippen LogP contribution < -0.4 is 9.64 Å². The van der Waals surface area contributed by atoms with Crippen LogP contribution in [0.2, 0.25) is 0 Å². The Morgan fingerprint density at radius 2 is 1.80 bits per heavy atom. The molecule has 0 bridgehead atoms. The summed E-state index contributed by atoms with van der Waals surface area (Å²) in [5, 5.41) is 0.872. The lowest BCUT2D eigenvalue weighted by Crippen LogP contribution is -2.17. The van der Waals surface area contributed by atoms with Crippen molar-refractivity contribution in [1.82, 2.24) is 0 Å². The summed E-state index contributed by atoms with van der Waals surface area (Å²) in [6.07, 6.45) is 0. The predicted octanol–water partition coefficient (Wildman–Crippen LogP) is 4.53. The lowest BCUT2D eigenvalue weighted by Gasteiger charge is -2.22. The van der Waals surface area contributed by atoms with E-state index in [1.807, 2.05) is 12.1 Å². The molecule has 2 nitrogen and oxygen atoms in total. The molecule has 0 aliphatic carbocycles. The molecule has 0 amide bonds. The summed E-state index contributed by atoms with van der Waals surface area (Å²) in [4.78, 5) is 2.28. The highest BCUT2D eigenvalue weighted by atomic mass is 79.9. The van der Waals surface area contributed by atoms with Gasteiger partial charge in [0.2, 0.25) is 0 Å². The monoisotopic (exact) mass is 333 g/mol. The van der Waals surface area contributed by atoms with Crippen molar-refractivity contribution in [2.24, 2.45) is 0 Å². The molecule has 20 heavy (non-hydrogen) atoms. The number of methoxy groups -OCH3 is 1. The zero-order chi connectivity index (χ0) is 14.5. The first-order valence-corrected chi connectivity index (χ1v) is 7.75. The van der Waals surface area contributed by atoms with Gasteiger partial charge in [-0.2, -0.15) is 0 Å². The van der Waals surface area contributed by atoms with Gasteiger partial charge in [0.1, 0.15) is 5.75 Å². The zero-order valence-electron chi connectivity index (χ0n) is 12.2. The number of anilines is 1. The maximum Gasteiger partial charge on any atom is 0.118 e. The molecule has 0 aliphatic heterocycles. The van der Waals surface area contributed by atoms with Gasteiger partial charge in [-0.1, -0.05) is 45.8 Å². The maximum absolute atomic E-state index is 5.19. The fraction of sp³-hybridized carbons (Fsp3) is 0.294. The minimum Gasteiger partial charge on any atom is -0.497 e. The number of alkyl halides is 1. The number of aryl methyl sites for hydroxylation is 1. The lowest BCUT2D eigenvalue weighted by molar-refractivity contribution is 0.414. The SMILES string of the molecule is COc1ccc(CN(C)c2ccc(C)cc2CBr)cc1. The minimum atomic E-state index is 0.872. The third kappa shape index (κ3) is 3.54. The minimum absolute atomic E-state index is 0.872. The summed E-state index contributed by atoms with van der Waals surface area (Å²) in [6, 6.07) is 14.8. The van der Waals surface area contributed by atoms with Crippen molar-refractivity contribution in [1.29, 1.82) is 0 Å². The highest BCUT2D eigenvalue weighted by molar-refractivity contribution is 9.08. The van der Waals surface area contributed by atoms with Gasteiger partial charge >= 0.3 is 0 Å². The van der Waals surface area contributed by atoms with Crippen LogP contribution in [-0.4, -0.2) is 14.2 Å². The molecule has 0 saturated heterocycles. The molecule has 0 aromatic heterocycles. The molecule has 2 aromatic rings. The van der Waals surface area contributed by atoms with E-state index < -0.39 is 0 Å². The summed E-state index contributed by atoms with van der Waals surface area (Å²) in [5.41, 5.74) is 5.15. The molecule has 106 valence electrons. The van der Waals surface area contributed by atoms with Crippen LogP contribution in [0.3, 0.4) is 0 Å². The van der Waals surface area contributed by atoms with Gasteiger partial charge in [0.05, 0.1) is 7.11 Å². The largest absolute Gasteiger partial charge is 0.497 e. The average Bonchev–Trinajstić information content (AvgIpc) is 2.47. The third-order valence-electron chi connectivity index (χ3n) is 3.37. The molecule has 0 unspecified atom stereocenters. The molecule has 0 N–H and O–H groups in total. The molecule has 0 fully saturated rings. The van der Waals surface area contributed by atoms with Crippen LogP contribution in [0.25, 0.3) is 0 Å².